The van der Waals surface area contributed by atoms with Gasteiger partial charge in [-0.15, -0.1) is 11.6 Å². The predicted molar refractivity (Wildman–Crippen MR) is 51.5 cm³/mol. The Hall–Kier alpha value is -0.430. The lowest BCUT2D eigenvalue weighted by Gasteiger charge is -2.15. The molecule has 1 aromatic heterocycles. The number of rotatable bonds is 2. The Morgan fingerprint density at radius 1 is 1.38 bits per heavy atom. The molecule has 0 aromatic carbocycles. The van der Waals surface area contributed by atoms with Crippen LogP contribution in [-0.4, -0.2) is 4.98 Å². The highest BCUT2D eigenvalue weighted by Crippen LogP contribution is 2.39. The Kier molecular flexibility index (Phi) is 4.12. The Labute approximate surface area is 101 Å². The molecule has 0 aliphatic heterocycles. The third-order valence-corrected chi connectivity index (χ3v) is 2.40. The first-order valence-corrected chi connectivity index (χ1v) is 5.20. The number of alkyl halides is 6. The molecule has 8 heteroatoms. The van der Waals surface area contributed by atoms with Gasteiger partial charge in [0, 0.05) is 5.56 Å². The normalized spacial score (nSPS) is 12.2. The van der Waals surface area contributed by atoms with E-state index in [1.165, 1.54) is 0 Å². The summed E-state index contributed by atoms with van der Waals surface area (Å²) in [6.07, 6.45) is -8.14. The smallest absolute Gasteiger partial charge is 0.244 e. The lowest BCUT2D eigenvalue weighted by Crippen LogP contribution is -2.14. The van der Waals surface area contributed by atoms with Crippen LogP contribution in [0.25, 0.3) is 0 Å². The summed E-state index contributed by atoms with van der Waals surface area (Å²) in [5, 5.41) is 0. The molecule has 0 saturated carbocycles. The summed E-state index contributed by atoms with van der Waals surface area (Å²) in [6, 6.07) is 0.642. The second-order valence-electron chi connectivity index (χ2n) is 2.79. The zero-order valence-corrected chi connectivity index (χ0v) is 9.80. The molecule has 90 valence electrons. The molecule has 0 amide bonds. The van der Waals surface area contributed by atoms with Gasteiger partial charge in [0.05, 0.1) is 17.1 Å². The summed E-state index contributed by atoms with van der Waals surface area (Å²) in [5.41, 5.74) is -3.19. The van der Waals surface area contributed by atoms with Crippen LogP contribution < -0.4 is 0 Å². The molecule has 0 spiro atoms. The topological polar surface area (TPSA) is 12.9 Å². The van der Waals surface area contributed by atoms with Gasteiger partial charge in [-0.3, -0.25) is 0 Å². The summed E-state index contributed by atoms with van der Waals surface area (Å²) < 4.78 is 62.4. The van der Waals surface area contributed by atoms with Crippen molar-refractivity contribution in [2.24, 2.45) is 0 Å². The molecule has 0 fully saturated rings. The quantitative estimate of drug-likeness (QED) is 0.442. The zero-order valence-electron chi connectivity index (χ0n) is 7.45. The van der Waals surface area contributed by atoms with E-state index >= 15 is 0 Å². The lowest BCUT2D eigenvalue weighted by molar-refractivity contribution is -0.140. The van der Waals surface area contributed by atoms with Crippen molar-refractivity contribution in [1.29, 1.82) is 0 Å². The Morgan fingerprint density at radius 3 is 2.31 bits per heavy atom. The average Bonchev–Trinajstić information content (AvgIpc) is 2.14. The molecule has 0 saturated heterocycles. The molecule has 1 rings (SSSR count). The molecule has 0 aliphatic rings. The fourth-order valence-electron chi connectivity index (χ4n) is 1.18. The molecular formula is C8H4BrClF5N. The van der Waals surface area contributed by atoms with E-state index in [0.717, 1.165) is 0 Å². The van der Waals surface area contributed by atoms with Crippen LogP contribution >= 0.6 is 27.5 Å². The van der Waals surface area contributed by atoms with E-state index < -0.39 is 35.3 Å². The summed E-state index contributed by atoms with van der Waals surface area (Å²) in [4.78, 5) is 3.43. The van der Waals surface area contributed by atoms with E-state index in [1.807, 2.05) is 0 Å². The average molecular weight is 324 g/mol. The summed E-state index contributed by atoms with van der Waals surface area (Å²) in [7, 11) is 0. The summed E-state index contributed by atoms with van der Waals surface area (Å²) in [6.45, 7) is 0. The van der Waals surface area contributed by atoms with Gasteiger partial charge in [-0.25, -0.2) is 13.8 Å². The van der Waals surface area contributed by atoms with Gasteiger partial charge in [-0.05, 0) is 22.0 Å². The molecule has 16 heavy (non-hydrogen) atoms. The number of aromatic nitrogens is 1. The molecule has 1 heterocycles. The zero-order chi connectivity index (χ0) is 12.5. The van der Waals surface area contributed by atoms with Crippen LogP contribution in [0.3, 0.4) is 0 Å². The number of hydrogen-bond donors (Lipinski definition) is 0. The predicted octanol–water partition coefficient (Wildman–Crippen LogP) is 4.54. The molecule has 0 radical (unpaired) electrons. The van der Waals surface area contributed by atoms with Gasteiger partial charge in [0.25, 0.3) is 6.43 Å². The highest BCUT2D eigenvalue weighted by Gasteiger charge is 2.39. The van der Waals surface area contributed by atoms with Gasteiger partial charge in [0.1, 0.15) is 4.60 Å². The molecule has 0 bridgehead atoms. The molecule has 0 aliphatic carbocycles. The van der Waals surface area contributed by atoms with Crippen LogP contribution in [0.1, 0.15) is 23.2 Å². The maximum Gasteiger partial charge on any atom is 0.418 e. The van der Waals surface area contributed by atoms with Gasteiger partial charge in [-0.2, -0.15) is 13.2 Å². The maximum absolute atomic E-state index is 12.5. The minimum atomic E-state index is -4.90. The second-order valence-corrected chi connectivity index (χ2v) is 3.87. The minimum absolute atomic E-state index is 0.105. The van der Waals surface area contributed by atoms with Crippen molar-refractivity contribution < 1.29 is 22.0 Å². The van der Waals surface area contributed by atoms with Crippen LogP contribution in [0.2, 0.25) is 0 Å². The molecule has 0 atom stereocenters. The van der Waals surface area contributed by atoms with Crippen molar-refractivity contribution in [3.8, 4) is 0 Å². The second kappa shape index (κ2) is 4.83. The van der Waals surface area contributed by atoms with Crippen LogP contribution in [0.5, 0.6) is 0 Å². The number of pyridine rings is 1. The van der Waals surface area contributed by atoms with Gasteiger partial charge < -0.3 is 0 Å². The fraction of sp³-hybridized carbons (Fsp3) is 0.375. The van der Waals surface area contributed by atoms with Crippen molar-refractivity contribution in [2.45, 2.75) is 18.5 Å². The Bertz CT molecular complexity index is 393. The molecule has 1 nitrogen and oxygen atoms in total. The van der Waals surface area contributed by atoms with Gasteiger partial charge >= 0.3 is 6.18 Å². The largest absolute Gasteiger partial charge is 0.418 e. The minimum Gasteiger partial charge on any atom is -0.244 e. The van der Waals surface area contributed by atoms with Crippen LogP contribution in [0.4, 0.5) is 22.0 Å². The van der Waals surface area contributed by atoms with E-state index in [2.05, 4.69) is 20.9 Å². The molecular weight excluding hydrogens is 320 g/mol. The number of nitrogens with zero attached hydrogens (tertiary/aromatic N) is 1. The fourth-order valence-corrected chi connectivity index (χ4v) is 1.83. The van der Waals surface area contributed by atoms with Gasteiger partial charge in [0.15, 0.2) is 0 Å². The molecule has 0 N–H and O–H groups in total. The van der Waals surface area contributed by atoms with E-state index in [-0.39, 0.29) is 4.60 Å². The van der Waals surface area contributed by atoms with Crippen molar-refractivity contribution in [3.05, 3.63) is 27.5 Å². The third kappa shape index (κ3) is 2.82. The monoisotopic (exact) mass is 323 g/mol. The van der Waals surface area contributed by atoms with Crippen molar-refractivity contribution in [3.63, 3.8) is 0 Å². The first kappa shape index (κ1) is 13.6. The van der Waals surface area contributed by atoms with Crippen LogP contribution in [0, 0.1) is 0 Å². The van der Waals surface area contributed by atoms with Crippen molar-refractivity contribution in [2.75, 3.05) is 0 Å². The lowest BCUT2D eigenvalue weighted by atomic mass is 10.1. The number of hydrogen-bond acceptors (Lipinski definition) is 1. The van der Waals surface area contributed by atoms with Crippen LogP contribution in [-0.2, 0) is 12.1 Å². The maximum atomic E-state index is 12.5. The van der Waals surface area contributed by atoms with Crippen molar-refractivity contribution >= 4 is 27.5 Å². The highest BCUT2D eigenvalue weighted by molar-refractivity contribution is 9.10. The summed E-state index contributed by atoms with van der Waals surface area (Å²) >= 11 is 8.01. The van der Waals surface area contributed by atoms with Gasteiger partial charge in [0.2, 0.25) is 0 Å². The third-order valence-electron chi connectivity index (χ3n) is 1.74. The Balaban J connectivity index is 3.52. The van der Waals surface area contributed by atoms with Gasteiger partial charge in [-0.1, -0.05) is 0 Å². The standard InChI is InChI=1S/C8H4BrClF5N/c9-5-1-3(7(11)12)6(8(13,14)15)4(2-10)16-5/h1,7H,2H2. The molecule has 0 unspecified atom stereocenters. The van der Waals surface area contributed by atoms with E-state index in [4.69, 9.17) is 11.6 Å². The highest BCUT2D eigenvalue weighted by atomic mass is 79.9. The van der Waals surface area contributed by atoms with Crippen LogP contribution in [0.15, 0.2) is 10.7 Å². The number of halogens is 7. The first-order valence-electron chi connectivity index (χ1n) is 3.88. The van der Waals surface area contributed by atoms with E-state index in [1.54, 1.807) is 0 Å². The van der Waals surface area contributed by atoms with E-state index in [0.29, 0.717) is 6.07 Å². The Morgan fingerprint density at radius 2 is 1.94 bits per heavy atom. The van der Waals surface area contributed by atoms with Crippen molar-refractivity contribution in [1.82, 2.24) is 4.98 Å². The van der Waals surface area contributed by atoms with E-state index in [9.17, 15) is 22.0 Å². The summed E-state index contributed by atoms with van der Waals surface area (Å²) in [5.74, 6) is -0.589. The SMILES string of the molecule is FC(F)c1cc(Br)nc(CCl)c1C(F)(F)F. The first-order chi connectivity index (χ1) is 7.27. The molecule has 1 aromatic rings.